The van der Waals surface area contributed by atoms with Gasteiger partial charge < -0.3 is 18.9 Å². The second kappa shape index (κ2) is 11.4. The van der Waals surface area contributed by atoms with Crippen LogP contribution in [0.5, 0.6) is 0 Å². The minimum atomic E-state index is -0.279. The Kier molecular flexibility index (Phi) is 8.73. The molecule has 4 fully saturated rings. The van der Waals surface area contributed by atoms with E-state index in [1.54, 1.807) is 0 Å². The number of esters is 4. The molecule has 0 aliphatic heterocycles. The van der Waals surface area contributed by atoms with Crippen molar-refractivity contribution in [3.05, 3.63) is 0 Å². The van der Waals surface area contributed by atoms with Gasteiger partial charge in [-0.1, -0.05) is 20.8 Å². The van der Waals surface area contributed by atoms with E-state index >= 15 is 0 Å². The summed E-state index contributed by atoms with van der Waals surface area (Å²) in [5, 5.41) is 0. The zero-order valence-corrected chi connectivity index (χ0v) is 24.8. The average molecular weight is 549 g/mol. The first-order valence-corrected chi connectivity index (χ1v) is 14.9. The van der Waals surface area contributed by atoms with Gasteiger partial charge >= 0.3 is 23.9 Å². The minimum absolute atomic E-state index is 0.0215. The molecule has 0 amide bonds. The number of fused-ring (bicyclic) bond motifs is 5. The van der Waals surface area contributed by atoms with Crippen LogP contribution in [0.3, 0.4) is 0 Å². The van der Waals surface area contributed by atoms with Crippen LogP contribution in [0.1, 0.15) is 99.3 Å². The molecule has 4 rings (SSSR count). The van der Waals surface area contributed by atoms with Crippen molar-refractivity contribution in [3.8, 4) is 0 Å². The van der Waals surface area contributed by atoms with Gasteiger partial charge in [-0.05, 0) is 86.4 Å². The van der Waals surface area contributed by atoms with E-state index in [-0.39, 0.29) is 88.5 Å². The predicted octanol–water partition coefficient (Wildman–Crippen LogP) is 5.25. The van der Waals surface area contributed by atoms with Crippen molar-refractivity contribution >= 4 is 23.9 Å². The molecular weight excluding hydrogens is 500 g/mol. The Balaban J connectivity index is 1.70. The molecule has 0 radical (unpaired) electrons. The maximum Gasteiger partial charge on any atom is 0.305 e. The fourth-order valence-electron chi connectivity index (χ4n) is 9.77. The van der Waals surface area contributed by atoms with Gasteiger partial charge in [0.2, 0.25) is 0 Å². The average Bonchev–Trinajstić information content (AvgIpc) is 3.20. The quantitative estimate of drug-likeness (QED) is 0.314. The molecule has 0 saturated heterocycles. The number of hydrogen-bond donors (Lipinski definition) is 0. The highest BCUT2D eigenvalue weighted by Gasteiger charge is 2.67. The van der Waals surface area contributed by atoms with Gasteiger partial charge in [-0.25, -0.2) is 0 Å². The summed E-state index contributed by atoms with van der Waals surface area (Å²) in [7, 11) is 1.42. The Morgan fingerprint density at radius 2 is 1.51 bits per heavy atom. The minimum Gasteiger partial charge on any atom is -0.469 e. The van der Waals surface area contributed by atoms with Crippen LogP contribution in [0, 0.1) is 46.3 Å². The second-order valence-corrected chi connectivity index (χ2v) is 13.4. The summed E-state index contributed by atoms with van der Waals surface area (Å²) in [5.41, 5.74) is -0.300. The van der Waals surface area contributed by atoms with Gasteiger partial charge in [0.15, 0.2) is 0 Å². The second-order valence-electron chi connectivity index (χ2n) is 13.4. The maximum atomic E-state index is 12.5. The number of hydrogen-bond acceptors (Lipinski definition) is 8. The standard InChI is InChI=1S/C31H48O8/c1-17(8-11-28(35)36-7)23-9-10-24-29-25(16-27(31(23,24)6)39-20(4)34)30(5)13-12-22(37-18(2)32)14-21(30)15-26(29)38-19(3)33/h17,21-27,29H,8-16H2,1-7H3/t17?,21?,22?,23?,24?,25?,26?,27?,29?,30-,31+/m0/s1. The van der Waals surface area contributed by atoms with E-state index in [4.69, 9.17) is 18.9 Å². The largest absolute Gasteiger partial charge is 0.469 e. The molecule has 11 atom stereocenters. The normalized spacial score (nSPS) is 41.7. The highest BCUT2D eigenvalue weighted by molar-refractivity contribution is 5.69. The van der Waals surface area contributed by atoms with Crippen LogP contribution in [-0.2, 0) is 38.1 Å². The lowest BCUT2D eigenvalue weighted by Crippen LogP contribution is -2.63. The molecule has 0 aromatic rings. The summed E-state index contributed by atoms with van der Waals surface area (Å²) >= 11 is 0. The van der Waals surface area contributed by atoms with Crippen molar-refractivity contribution in [2.75, 3.05) is 7.11 Å². The Hall–Kier alpha value is -2.12. The van der Waals surface area contributed by atoms with Crippen LogP contribution in [-0.4, -0.2) is 49.3 Å². The molecule has 0 N–H and O–H groups in total. The van der Waals surface area contributed by atoms with Crippen LogP contribution < -0.4 is 0 Å². The smallest absolute Gasteiger partial charge is 0.305 e. The molecule has 4 aliphatic rings. The van der Waals surface area contributed by atoms with Gasteiger partial charge in [-0.2, -0.15) is 0 Å². The van der Waals surface area contributed by atoms with Crippen molar-refractivity contribution in [2.45, 2.75) is 118 Å². The summed E-state index contributed by atoms with van der Waals surface area (Å²) in [5.74, 6) is 0.438. The van der Waals surface area contributed by atoms with Crippen LogP contribution in [0.15, 0.2) is 0 Å². The summed E-state index contributed by atoms with van der Waals surface area (Å²) in [6, 6.07) is 0. The lowest BCUT2D eigenvalue weighted by Gasteiger charge is -2.64. The van der Waals surface area contributed by atoms with Crippen molar-refractivity contribution in [3.63, 3.8) is 0 Å². The third-order valence-electron chi connectivity index (χ3n) is 11.4. The van der Waals surface area contributed by atoms with Crippen LogP contribution in [0.2, 0.25) is 0 Å². The van der Waals surface area contributed by atoms with Gasteiger partial charge in [0.25, 0.3) is 0 Å². The number of carbonyl (C=O) groups is 4. The number of rotatable bonds is 7. The van der Waals surface area contributed by atoms with Gasteiger partial charge in [0.05, 0.1) is 7.11 Å². The summed E-state index contributed by atoms with van der Waals surface area (Å²) < 4.78 is 22.8. The first kappa shape index (κ1) is 29.9. The van der Waals surface area contributed by atoms with E-state index in [9.17, 15) is 19.2 Å². The molecule has 0 spiro atoms. The van der Waals surface area contributed by atoms with E-state index in [0.717, 1.165) is 51.4 Å². The third-order valence-corrected chi connectivity index (χ3v) is 11.4. The molecule has 8 heteroatoms. The zero-order chi connectivity index (χ0) is 28.7. The predicted molar refractivity (Wildman–Crippen MR) is 143 cm³/mol. The zero-order valence-electron chi connectivity index (χ0n) is 24.8. The van der Waals surface area contributed by atoms with E-state index < -0.39 is 0 Å². The van der Waals surface area contributed by atoms with Crippen molar-refractivity contribution in [1.82, 2.24) is 0 Å². The summed E-state index contributed by atoms with van der Waals surface area (Å²) in [6.45, 7) is 11.3. The molecule has 4 saturated carbocycles. The molecule has 9 unspecified atom stereocenters. The van der Waals surface area contributed by atoms with Gasteiger partial charge in [-0.15, -0.1) is 0 Å². The molecule has 0 aromatic carbocycles. The van der Waals surface area contributed by atoms with Crippen LogP contribution in [0.25, 0.3) is 0 Å². The van der Waals surface area contributed by atoms with Crippen molar-refractivity contribution < 1.29 is 38.1 Å². The molecule has 0 heterocycles. The Morgan fingerprint density at radius 3 is 2.13 bits per heavy atom. The lowest BCUT2D eigenvalue weighted by molar-refractivity contribution is -0.224. The molecule has 4 aliphatic carbocycles. The molecule has 39 heavy (non-hydrogen) atoms. The Morgan fingerprint density at radius 1 is 0.846 bits per heavy atom. The highest BCUT2D eigenvalue weighted by atomic mass is 16.6. The van der Waals surface area contributed by atoms with Crippen LogP contribution in [0.4, 0.5) is 0 Å². The molecule has 0 aromatic heterocycles. The first-order valence-electron chi connectivity index (χ1n) is 14.9. The Bertz CT molecular complexity index is 962. The molecule has 8 nitrogen and oxygen atoms in total. The molecule has 220 valence electrons. The van der Waals surface area contributed by atoms with Crippen molar-refractivity contribution in [2.24, 2.45) is 46.3 Å². The Labute approximate surface area is 233 Å². The summed E-state index contributed by atoms with van der Waals surface area (Å²) in [6.07, 6.45) is 6.53. The van der Waals surface area contributed by atoms with Gasteiger partial charge in [0.1, 0.15) is 18.3 Å². The van der Waals surface area contributed by atoms with Crippen LogP contribution >= 0.6 is 0 Å². The first-order chi connectivity index (χ1) is 18.3. The number of ether oxygens (including phenoxy) is 4. The molecular formula is C31H48O8. The fourth-order valence-corrected chi connectivity index (χ4v) is 9.77. The SMILES string of the molecule is COC(=O)CCC(C)C1CCC2C3C(OC(C)=O)CC4CC(OC(C)=O)CC[C@]4(C)C3CC(OC(C)=O)[C@]12C. The summed E-state index contributed by atoms with van der Waals surface area (Å²) in [4.78, 5) is 48.5. The number of methoxy groups -OCH3 is 1. The highest BCUT2D eigenvalue weighted by Crippen LogP contribution is 2.69. The fraction of sp³-hybridized carbons (Fsp3) is 0.871. The topological polar surface area (TPSA) is 105 Å². The van der Waals surface area contributed by atoms with Gasteiger partial charge in [-0.3, -0.25) is 19.2 Å². The lowest BCUT2D eigenvalue weighted by atomic mass is 9.43. The van der Waals surface area contributed by atoms with Crippen molar-refractivity contribution in [1.29, 1.82) is 0 Å². The van der Waals surface area contributed by atoms with E-state index in [1.165, 1.54) is 27.9 Å². The van der Waals surface area contributed by atoms with E-state index in [1.807, 2.05) is 0 Å². The maximum absolute atomic E-state index is 12.5. The van der Waals surface area contributed by atoms with Gasteiger partial charge in [0, 0.05) is 38.5 Å². The number of carbonyl (C=O) groups excluding carboxylic acids is 4. The monoisotopic (exact) mass is 548 g/mol. The molecule has 0 bridgehead atoms. The third kappa shape index (κ3) is 5.58. The van der Waals surface area contributed by atoms with E-state index in [2.05, 4.69) is 20.8 Å². The van der Waals surface area contributed by atoms with E-state index in [0.29, 0.717) is 6.42 Å².